The van der Waals surface area contributed by atoms with Crippen molar-refractivity contribution < 1.29 is 4.79 Å². The minimum absolute atomic E-state index is 0.276. The molecule has 0 bridgehead atoms. The zero-order chi connectivity index (χ0) is 14.7. The molecule has 0 atom stereocenters. The SMILES string of the molecule is NNc1cccc(C(=O)Nc2ccc3ccccc3c2)n1. The second-order valence-corrected chi connectivity index (χ2v) is 4.57. The van der Waals surface area contributed by atoms with Crippen molar-refractivity contribution in [1.82, 2.24) is 4.98 Å². The van der Waals surface area contributed by atoms with Crippen molar-refractivity contribution in [3.8, 4) is 0 Å². The highest BCUT2D eigenvalue weighted by Gasteiger charge is 2.08. The van der Waals surface area contributed by atoms with Gasteiger partial charge in [0.05, 0.1) is 0 Å². The molecule has 5 heteroatoms. The molecular formula is C16H14N4O. The van der Waals surface area contributed by atoms with E-state index in [0.717, 1.165) is 16.5 Å². The normalized spacial score (nSPS) is 10.3. The summed E-state index contributed by atoms with van der Waals surface area (Å²) in [5.74, 6) is 5.46. The molecule has 3 aromatic rings. The molecule has 0 unspecified atom stereocenters. The number of nitrogens with zero attached hydrogens (tertiary/aromatic N) is 1. The molecule has 104 valence electrons. The molecule has 1 heterocycles. The smallest absolute Gasteiger partial charge is 0.274 e. The van der Waals surface area contributed by atoms with Crippen LogP contribution in [-0.2, 0) is 0 Å². The Kier molecular flexibility index (Phi) is 3.49. The molecule has 0 aliphatic rings. The maximum atomic E-state index is 12.2. The Hall–Kier alpha value is -2.92. The number of nitrogen functional groups attached to an aromatic ring is 1. The van der Waals surface area contributed by atoms with E-state index in [0.29, 0.717) is 11.5 Å². The lowest BCUT2D eigenvalue weighted by atomic mass is 10.1. The summed E-state index contributed by atoms with van der Waals surface area (Å²) >= 11 is 0. The van der Waals surface area contributed by atoms with Crippen molar-refractivity contribution in [2.75, 3.05) is 10.7 Å². The van der Waals surface area contributed by atoms with E-state index in [1.807, 2.05) is 42.5 Å². The molecule has 0 aliphatic carbocycles. The third-order valence-electron chi connectivity index (χ3n) is 3.14. The number of carbonyl (C=O) groups excluding carboxylic acids is 1. The molecule has 5 nitrogen and oxygen atoms in total. The lowest BCUT2D eigenvalue weighted by molar-refractivity contribution is 0.102. The van der Waals surface area contributed by atoms with Crippen LogP contribution in [0.15, 0.2) is 60.7 Å². The fourth-order valence-corrected chi connectivity index (χ4v) is 2.10. The van der Waals surface area contributed by atoms with Gasteiger partial charge in [-0.05, 0) is 35.0 Å². The van der Waals surface area contributed by atoms with Gasteiger partial charge < -0.3 is 10.7 Å². The average Bonchev–Trinajstić information content (AvgIpc) is 2.54. The van der Waals surface area contributed by atoms with E-state index in [2.05, 4.69) is 15.7 Å². The van der Waals surface area contributed by atoms with Crippen molar-refractivity contribution in [2.45, 2.75) is 0 Å². The molecule has 0 aliphatic heterocycles. The number of amides is 1. The van der Waals surface area contributed by atoms with E-state index in [1.165, 1.54) is 0 Å². The first kappa shape index (κ1) is 13.1. The van der Waals surface area contributed by atoms with Gasteiger partial charge in [-0.15, -0.1) is 0 Å². The Bertz CT molecular complexity index is 801. The van der Waals surface area contributed by atoms with Crippen molar-refractivity contribution in [1.29, 1.82) is 0 Å². The summed E-state index contributed by atoms with van der Waals surface area (Å²) in [5, 5.41) is 5.03. The Morgan fingerprint density at radius 2 is 1.76 bits per heavy atom. The second-order valence-electron chi connectivity index (χ2n) is 4.57. The number of hydrogen-bond donors (Lipinski definition) is 3. The van der Waals surface area contributed by atoms with Gasteiger partial charge in [-0.3, -0.25) is 4.79 Å². The summed E-state index contributed by atoms with van der Waals surface area (Å²) in [4.78, 5) is 16.3. The van der Waals surface area contributed by atoms with Crippen LogP contribution in [-0.4, -0.2) is 10.9 Å². The maximum absolute atomic E-state index is 12.2. The number of nitrogens with one attached hydrogen (secondary N) is 2. The van der Waals surface area contributed by atoms with Crippen LogP contribution in [0.5, 0.6) is 0 Å². The topological polar surface area (TPSA) is 80.0 Å². The number of carbonyl (C=O) groups is 1. The molecule has 0 saturated heterocycles. The summed E-state index contributed by atoms with van der Waals surface area (Å²) in [7, 11) is 0. The van der Waals surface area contributed by atoms with Gasteiger partial charge in [0.1, 0.15) is 11.5 Å². The Morgan fingerprint density at radius 3 is 2.57 bits per heavy atom. The highest BCUT2D eigenvalue weighted by Crippen LogP contribution is 2.19. The van der Waals surface area contributed by atoms with Gasteiger partial charge in [-0.1, -0.05) is 36.4 Å². The van der Waals surface area contributed by atoms with Crippen LogP contribution in [0, 0.1) is 0 Å². The van der Waals surface area contributed by atoms with Crippen molar-refractivity contribution in [3.63, 3.8) is 0 Å². The van der Waals surface area contributed by atoms with E-state index >= 15 is 0 Å². The van der Waals surface area contributed by atoms with Crippen LogP contribution in [0.4, 0.5) is 11.5 Å². The van der Waals surface area contributed by atoms with E-state index in [9.17, 15) is 4.79 Å². The standard InChI is InChI=1S/C16H14N4O/c17-20-15-7-3-6-14(19-15)16(21)18-13-9-8-11-4-1-2-5-12(11)10-13/h1-10H,17H2,(H,18,21)(H,19,20). The van der Waals surface area contributed by atoms with Gasteiger partial charge in [0, 0.05) is 5.69 Å². The minimum atomic E-state index is -0.276. The third-order valence-corrected chi connectivity index (χ3v) is 3.14. The Morgan fingerprint density at radius 1 is 0.952 bits per heavy atom. The number of anilines is 2. The highest BCUT2D eigenvalue weighted by atomic mass is 16.1. The lowest BCUT2D eigenvalue weighted by Gasteiger charge is -2.07. The summed E-state index contributed by atoms with van der Waals surface area (Å²) in [5.41, 5.74) is 3.45. The van der Waals surface area contributed by atoms with E-state index in [4.69, 9.17) is 5.84 Å². The molecule has 0 saturated carbocycles. The van der Waals surface area contributed by atoms with Crippen molar-refractivity contribution >= 4 is 28.2 Å². The zero-order valence-corrected chi connectivity index (χ0v) is 11.2. The van der Waals surface area contributed by atoms with Crippen LogP contribution < -0.4 is 16.6 Å². The van der Waals surface area contributed by atoms with Crippen LogP contribution >= 0.6 is 0 Å². The molecule has 3 rings (SSSR count). The molecule has 0 radical (unpaired) electrons. The molecule has 21 heavy (non-hydrogen) atoms. The zero-order valence-electron chi connectivity index (χ0n) is 11.2. The van der Waals surface area contributed by atoms with Crippen LogP contribution in [0.1, 0.15) is 10.5 Å². The summed E-state index contributed by atoms with van der Waals surface area (Å²) < 4.78 is 0. The fourth-order valence-electron chi connectivity index (χ4n) is 2.10. The summed E-state index contributed by atoms with van der Waals surface area (Å²) in [6.07, 6.45) is 0. The number of nitrogens with two attached hydrogens (primary N) is 1. The average molecular weight is 278 g/mol. The van der Waals surface area contributed by atoms with Gasteiger partial charge in [0.25, 0.3) is 5.91 Å². The predicted molar refractivity (Wildman–Crippen MR) is 83.9 cm³/mol. The van der Waals surface area contributed by atoms with Gasteiger partial charge >= 0.3 is 0 Å². The Labute approximate surface area is 121 Å². The maximum Gasteiger partial charge on any atom is 0.274 e. The van der Waals surface area contributed by atoms with Gasteiger partial charge in [0.15, 0.2) is 0 Å². The van der Waals surface area contributed by atoms with E-state index < -0.39 is 0 Å². The minimum Gasteiger partial charge on any atom is -0.321 e. The largest absolute Gasteiger partial charge is 0.321 e. The third kappa shape index (κ3) is 2.82. The number of hydrogen-bond acceptors (Lipinski definition) is 4. The highest BCUT2D eigenvalue weighted by molar-refractivity contribution is 6.04. The number of hydrazine groups is 1. The number of rotatable bonds is 3. The quantitative estimate of drug-likeness (QED) is 0.508. The first-order chi connectivity index (χ1) is 10.3. The monoisotopic (exact) mass is 278 g/mol. The van der Waals surface area contributed by atoms with Gasteiger partial charge in [-0.25, -0.2) is 10.8 Å². The van der Waals surface area contributed by atoms with E-state index in [-0.39, 0.29) is 5.91 Å². The second kappa shape index (κ2) is 5.60. The molecule has 0 fully saturated rings. The first-order valence-electron chi connectivity index (χ1n) is 6.50. The predicted octanol–water partition coefficient (Wildman–Crippen LogP) is 2.77. The molecule has 2 aromatic carbocycles. The number of fused-ring (bicyclic) bond motifs is 1. The summed E-state index contributed by atoms with van der Waals surface area (Å²) in [6.45, 7) is 0. The van der Waals surface area contributed by atoms with Crippen molar-refractivity contribution in [2.24, 2.45) is 5.84 Å². The van der Waals surface area contributed by atoms with Crippen LogP contribution in [0.25, 0.3) is 10.8 Å². The molecule has 1 aromatic heterocycles. The molecule has 4 N–H and O–H groups in total. The molecular weight excluding hydrogens is 264 g/mol. The summed E-state index contributed by atoms with van der Waals surface area (Å²) in [6, 6.07) is 18.8. The number of aromatic nitrogens is 1. The van der Waals surface area contributed by atoms with Crippen molar-refractivity contribution in [3.05, 3.63) is 66.4 Å². The molecule has 1 amide bonds. The molecule has 0 spiro atoms. The Balaban J connectivity index is 1.85. The van der Waals surface area contributed by atoms with Gasteiger partial charge in [-0.2, -0.15) is 0 Å². The first-order valence-corrected chi connectivity index (χ1v) is 6.50. The number of pyridine rings is 1. The lowest BCUT2D eigenvalue weighted by Crippen LogP contribution is -2.16. The van der Waals surface area contributed by atoms with E-state index in [1.54, 1.807) is 18.2 Å². The van der Waals surface area contributed by atoms with Crippen LogP contribution in [0.3, 0.4) is 0 Å². The number of benzene rings is 2. The van der Waals surface area contributed by atoms with Gasteiger partial charge in [0.2, 0.25) is 0 Å². The van der Waals surface area contributed by atoms with Crippen LogP contribution in [0.2, 0.25) is 0 Å². The fraction of sp³-hybridized carbons (Fsp3) is 0.